The molecule has 0 amide bonds. The lowest BCUT2D eigenvalue weighted by molar-refractivity contribution is -0.178. The molecule has 0 bridgehead atoms. The summed E-state index contributed by atoms with van der Waals surface area (Å²) < 4.78 is 9.21. The van der Waals surface area contributed by atoms with Gasteiger partial charge in [-0.25, -0.2) is 4.79 Å². The normalized spacial score (nSPS) is 12.8. The number of carbonyl (C=O) groups is 4. The molecular weight excluding hydrogens is 380 g/mol. The van der Waals surface area contributed by atoms with Crippen molar-refractivity contribution in [2.75, 3.05) is 6.61 Å². The number of unbranched alkanes of at least 4 members (excludes halogenated alkanes) is 10. The molecule has 8 heteroatoms. The van der Waals surface area contributed by atoms with E-state index in [4.69, 9.17) is 9.84 Å². The molecule has 0 saturated carbocycles. The van der Waals surface area contributed by atoms with E-state index in [1.807, 2.05) is 0 Å². The van der Waals surface area contributed by atoms with Crippen LogP contribution in [0.1, 0.15) is 97.3 Å². The van der Waals surface area contributed by atoms with Crippen molar-refractivity contribution >= 4 is 23.9 Å². The fraction of sp³-hybridized carbons (Fsp3) is 0.810. The minimum atomic E-state index is -2.56. The molecule has 0 aliphatic carbocycles. The van der Waals surface area contributed by atoms with Crippen LogP contribution in [0, 0.1) is 0 Å². The van der Waals surface area contributed by atoms with Gasteiger partial charge in [0.2, 0.25) is 0 Å². The fourth-order valence-corrected chi connectivity index (χ4v) is 2.96. The Labute approximate surface area is 172 Å². The number of aliphatic hydroxyl groups is 1. The van der Waals surface area contributed by atoms with Crippen LogP contribution in [0.25, 0.3) is 0 Å². The van der Waals surface area contributed by atoms with Crippen LogP contribution in [0.3, 0.4) is 0 Å². The highest BCUT2D eigenvalue weighted by molar-refractivity contribution is 5.92. The van der Waals surface area contributed by atoms with Gasteiger partial charge in [-0.2, -0.15) is 0 Å². The molecule has 168 valence electrons. The van der Waals surface area contributed by atoms with E-state index < -0.39 is 42.3 Å². The van der Waals surface area contributed by atoms with Crippen LogP contribution >= 0.6 is 0 Å². The lowest BCUT2D eigenvalue weighted by Crippen LogP contribution is -2.44. The predicted octanol–water partition coefficient (Wildman–Crippen LogP) is 3.53. The van der Waals surface area contributed by atoms with Crippen LogP contribution in [-0.4, -0.2) is 46.3 Å². The predicted molar refractivity (Wildman–Crippen MR) is 106 cm³/mol. The summed E-state index contributed by atoms with van der Waals surface area (Å²) in [5, 5.41) is 19.1. The Bertz CT molecular complexity index is 517. The van der Waals surface area contributed by atoms with Crippen molar-refractivity contribution in [2.24, 2.45) is 0 Å². The molecule has 0 saturated heterocycles. The maximum atomic E-state index is 12.1. The van der Waals surface area contributed by atoms with Crippen molar-refractivity contribution in [3.8, 4) is 0 Å². The summed E-state index contributed by atoms with van der Waals surface area (Å²) in [6, 6.07) is 0. The Morgan fingerprint density at radius 3 is 1.72 bits per heavy atom. The first-order valence-corrected chi connectivity index (χ1v) is 10.5. The molecule has 0 radical (unpaired) electrons. The minimum Gasteiger partial charge on any atom is -0.481 e. The number of esters is 3. The highest BCUT2D eigenvalue weighted by atomic mass is 16.6. The van der Waals surface area contributed by atoms with E-state index in [1.165, 1.54) is 44.9 Å². The maximum Gasteiger partial charge on any atom is 0.339 e. The van der Waals surface area contributed by atoms with E-state index in [9.17, 15) is 24.3 Å². The van der Waals surface area contributed by atoms with Gasteiger partial charge in [0.15, 0.2) is 5.60 Å². The van der Waals surface area contributed by atoms with Crippen LogP contribution in [0.5, 0.6) is 0 Å². The van der Waals surface area contributed by atoms with Gasteiger partial charge in [-0.3, -0.25) is 14.4 Å². The Balaban J connectivity index is 4.06. The summed E-state index contributed by atoms with van der Waals surface area (Å²) in [5.41, 5.74) is -2.56. The summed E-state index contributed by atoms with van der Waals surface area (Å²) in [6.45, 7) is 3.21. The van der Waals surface area contributed by atoms with Crippen molar-refractivity contribution in [3.05, 3.63) is 0 Å². The van der Waals surface area contributed by atoms with E-state index in [0.717, 1.165) is 26.2 Å². The van der Waals surface area contributed by atoms with E-state index in [-0.39, 0.29) is 6.61 Å². The van der Waals surface area contributed by atoms with Crippen LogP contribution < -0.4 is 0 Å². The van der Waals surface area contributed by atoms with Gasteiger partial charge in [0.05, 0.1) is 19.4 Å². The van der Waals surface area contributed by atoms with E-state index in [2.05, 4.69) is 11.7 Å². The molecule has 0 rings (SSSR count). The molecule has 0 fully saturated rings. The quantitative estimate of drug-likeness (QED) is 0.209. The average molecular weight is 417 g/mol. The number of aliphatic carboxylic acids is 1. The van der Waals surface area contributed by atoms with Gasteiger partial charge >= 0.3 is 23.9 Å². The van der Waals surface area contributed by atoms with E-state index >= 15 is 0 Å². The average Bonchev–Trinajstić information content (AvgIpc) is 2.60. The molecule has 8 nitrogen and oxygen atoms in total. The molecule has 0 aliphatic rings. The highest BCUT2D eigenvalue weighted by Crippen LogP contribution is 2.19. The Hall–Kier alpha value is -1.96. The number of carboxylic acid groups (broad SMARTS) is 1. The van der Waals surface area contributed by atoms with Crippen molar-refractivity contribution in [1.29, 1.82) is 0 Å². The van der Waals surface area contributed by atoms with Crippen molar-refractivity contribution in [2.45, 2.75) is 103 Å². The molecule has 0 spiro atoms. The number of rotatable bonds is 17. The van der Waals surface area contributed by atoms with Crippen LogP contribution in [0.2, 0.25) is 0 Å². The number of hydrogen-bond acceptors (Lipinski definition) is 7. The molecule has 0 aliphatic heterocycles. The van der Waals surface area contributed by atoms with Crippen molar-refractivity contribution in [3.63, 3.8) is 0 Å². The van der Waals surface area contributed by atoms with Crippen LogP contribution in [-0.2, 0) is 28.7 Å². The van der Waals surface area contributed by atoms with Crippen LogP contribution in [0.15, 0.2) is 0 Å². The lowest BCUT2D eigenvalue weighted by atomic mass is 9.95. The van der Waals surface area contributed by atoms with Gasteiger partial charge < -0.3 is 19.7 Å². The molecule has 2 N–H and O–H groups in total. The first kappa shape index (κ1) is 27.0. The number of hydrogen-bond donors (Lipinski definition) is 2. The molecule has 0 heterocycles. The first-order valence-electron chi connectivity index (χ1n) is 10.5. The van der Waals surface area contributed by atoms with Gasteiger partial charge in [-0.15, -0.1) is 0 Å². The Morgan fingerprint density at radius 1 is 0.793 bits per heavy atom. The third-order valence-electron chi connectivity index (χ3n) is 4.50. The van der Waals surface area contributed by atoms with Crippen molar-refractivity contribution in [1.82, 2.24) is 0 Å². The largest absolute Gasteiger partial charge is 0.481 e. The second kappa shape index (κ2) is 15.9. The smallest absolute Gasteiger partial charge is 0.339 e. The SMILES string of the molecule is CCCCCCCCCCCCCOC(=O)C(O)(CC(=O)O)CC(=O)OC(C)=O. The van der Waals surface area contributed by atoms with Crippen molar-refractivity contribution < 1.29 is 38.9 Å². The van der Waals surface area contributed by atoms with Gasteiger partial charge in [-0.05, 0) is 6.42 Å². The topological polar surface area (TPSA) is 127 Å². The van der Waals surface area contributed by atoms with Crippen LogP contribution in [0.4, 0.5) is 0 Å². The molecule has 29 heavy (non-hydrogen) atoms. The van der Waals surface area contributed by atoms with E-state index in [1.54, 1.807) is 0 Å². The zero-order chi connectivity index (χ0) is 22.1. The molecule has 0 aromatic carbocycles. The molecule has 0 aromatic heterocycles. The second-order valence-corrected chi connectivity index (χ2v) is 7.42. The van der Waals surface area contributed by atoms with E-state index in [0.29, 0.717) is 6.42 Å². The van der Waals surface area contributed by atoms with Gasteiger partial charge in [0.1, 0.15) is 0 Å². The summed E-state index contributed by atoms with van der Waals surface area (Å²) >= 11 is 0. The Kier molecular flexibility index (Phi) is 14.8. The zero-order valence-electron chi connectivity index (χ0n) is 17.7. The Morgan fingerprint density at radius 2 is 1.28 bits per heavy atom. The molecular formula is C21H36O8. The first-order chi connectivity index (χ1) is 13.7. The lowest BCUT2D eigenvalue weighted by Gasteiger charge is -2.23. The zero-order valence-corrected chi connectivity index (χ0v) is 17.7. The summed E-state index contributed by atoms with van der Waals surface area (Å²) in [7, 11) is 0. The molecule has 0 aromatic rings. The monoisotopic (exact) mass is 416 g/mol. The maximum absolute atomic E-state index is 12.1. The third-order valence-corrected chi connectivity index (χ3v) is 4.50. The fourth-order valence-electron chi connectivity index (χ4n) is 2.96. The number of carboxylic acids is 1. The number of carbonyl (C=O) groups excluding carboxylic acids is 3. The van der Waals surface area contributed by atoms with Gasteiger partial charge in [0, 0.05) is 6.92 Å². The summed E-state index contributed by atoms with van der Waals surface area (Å²) in [6.07, 6.45) is 10.4. The second-order valence-electron chi connectivity index (χ2n) is 7.42. The third kappa shape index (κ3) is 14.7. The standard InChI is InChI=1S/C21H36O8/c1-3-4-5-6-7-8-9-10-11-12-13-14-28-20(26)21(27,15-18(23)24)16-19(25)29-17(2)22/h27H,3-16H2,1-2H3,(H,23,24). The van der Waals surface area contributed by atoms with Gasteiger partial charge in [-0.1, -0.05) is 71.1 Å². The molecule has 1 unspecified atom stereocenters. The summed E-state index contributed by atoms with van der Waals surface area (Å²) in [4.78, 5) is 45.3. The van der Waals surface area contributed by atoms with Gasteiger partial charge in [0.25, 0.3) is 0 Å². The molecule has 1 atom stereocenters. The summed E-state index contributed by atoms with van der Waals surface area (Å²) in [5.74, 6) is -4.78. The minimum absolute atomic E-state index is 0.0273. The highest BCUT2D eigenvalue weighted by Gasteiger charge is 2.43. The number of ether oxygens (including phenoxy) is 2.